The van der Waals surface area contributed by atoms with E-state index in [0.29, 0.717) is 17.5 Å². The van der Waals surface area contributed by atoms with Crippen LogP contribution in [-0.2, 0) is 0 Å². The van der Waals surface area contributed by atoms with Crippen LogP contribution in [0.4, 0.5) is 0 Å². The zero-order valence-corrected chi connectivity index (χ0v) is 30.6. The standard InChI is InChI=1S/C51H32N4S/c1-3-14-34(15-4-1)38-18-7-8-21-43(38)50-52-49(53-51(54-50)44-23-13-22-42-41-20-10-12-25-47(41)56-48(42)44)35-28-26-33(27-29-35)36-30-31-40-39-19-9-11-24-45(39)55(46(40)32-36)37-16-5-2-6-17-37/h1-32H/i2D,5D,6D,16D,17D. The molecule has 0 unspecified atom stereocenters. The van der Waals surface area contributed by atoms with Gasteiger partial charge in [0.2, 0.25) is 0 Å². The summed E-state index contributed by atoms with van der Waals surface area (Å²) in [7, 11) is 0. The summed E-state index contributed by atoms with van der Waals surface area (Å²) in [5.74, 6) is 1.71. The minimum Gasteiger partial charge on any atom is -0.309 e. The Morgan fingerprint density at radius 1 is 0.411 bits per heavy atom. The van der Waals surface area contributed by atoms with Gasteiger partial charge in [-0.15, -0.1) is 11.3 Å². The largest absolute Gasteiger partial charge is 0.309 e. The van der Waals surface area contributed by atoms with Crippen molar-refractivity contribution >= 4 is 53.3 Å². The lowest BCUT2D eigenvalue weighted by Crippen LogP contribution is -2.01. The fourth-order valence-electron chi connectivity index (χ4n) is 7.77. The fourth-order valence-corrected chi connectivity index (χ4v) is 8.99. The van der Waals surface area contributed by atoms with Gasteiger partial charge in [0.05, 0.1) is 17.9 Å². The molecule has 0 radical (unpaired) electrons. The van der Waals surface area contributed by atoms with Crippen LogP contribution >= 0.6 is 11.3 Å². The van der Waals surface area contributed by atoms with Crippen LogP contribution in [0.2, 0.25) is 0 Å². The zero-order valence-electron chi connectivity index (χ0n) is 34.8. The molecule has 3 aromatic heterocycles. The van der Waals surface area contributed by atoms with Crippen LogP contribution < -0.4 is 0 Å². The molecule has 262 valence electrons. The number of hydrogen-bond acceptors (Lipinski definition) is 4. The van der Waals surface area contributed by atoms with E-state index in [4.69, 9.17) is 21.8 Å². The van der Waals surface area contributed by atoms with Crippen LogP contribution in [0.3, 0.4) is 0 Å². The molecule has 8 aromatic carbocycles. The maximum absolute atomic E-state index is 8.84. The lowest BCUT2D eigenvalue weighted by molar-refractivity contribution is 1.08. The predicted molar refractivity (Wildman–Crippen MR) is 234 cm³/mol. The van der Waals surface area contributed by atoms with Crippen molar-refractivity contribution < 1.29 is 6.85 Å². The quantitative estimate of drug-likeness (QED) is 0.171. The second-order valence-electron chi connectivity index (χ2n) is 13.6. The van der Waals surface area contributed by atoms with Crippen molar-refractivity contribution in [3.8, 4) is 62.1 Å². The van der Waals surface area contributed by atoms with E-state index < -0.39 is 6.04 Å². The molecule has 0 aliphatic carbocycles. The number of fused-ring (bicyclic) bond motifs is 6. The summed E-state index contributed by atoms with van der Waals surface area (Å²) in [6, 6.07) is 53.6. The highest BCUT2D eigenvalue weighted by Crippen LogP contribution is 2.41. The maximum atomic E-state index is 8.84. The van der Waals surface area contributed by atoms with Crippen LogP contribution in [0.15, 0.2) is 194 Å². The van der Waals surface area contributed by atoms with E-state index in [9.17, 15) is 0 Å². The molecule has 0 spiro atoms. The Labute approximate surface area is 334 Å². The van der Waals surface area contributed by atoms with E-state index >= 15 is 0 Å². The first-order chi connectivity index (χ1) is 29.8. The summed E-state index contributed by atoms with van der Waals surface area (Å²) in [6.07, 6.45) is 0. The Balaban J connectivity index is 1.07. The molecule has 11 rings (SSSR count). The van der Waals surface area contributed by atoms with Gasteiger partial charge in [-0.25, -0.2) is 15.0 Å². The van der Waals surface area contributed by atoms with E-state index in [1.54, 1.807) is 15.9 Å². The van der Waals surface area contributed by atoms with Gasteiger partial charge >= 0.3 is 0 Å². The van der Waals surface area contributed by atoms with Crippen molar-refractivity contribution in [3.63, 3.8) is 0 Å². The highest BCUT2D eigenvalue weighted by Gasteiger charge is 2.19. The van der Waals surface area contributed by atoms with Crippen LogP contribution in [0.1, 0.15) is 6.85 Å². The average molecular weight is 738 g/mol. The van der Waals surface area contributed by atoms with Crippen LogP contribution in [0, 0.1) is 0 Å². The Bertz CT molecular complexity index is 3520. The molecule has 0 N–H and O–H groups in total. The summed E-state index contributed by atoms with van der Waals surface area (Å²) in [4.78, 5) is 15.5. The molecule has 0 fully saturated rings. The van der Waals surface area contributed by atoms with Crippen molar-refractivity contribution in [3.05, 3.63) is 194 Å². The first-order valence-corrected chi connectivity index (χ1v) is 19.2. The second kappa shape index (κ2) is 13.3. The monoisotopic (exact) mass is 737 g/mol. The van der Waals surface area contributed by atoms with Gasteiger partial charge < -0.3 is 4.57 Å². The van der Waals surface area contributed by atoms with E-state index in [0.717, 1.165) is 65.4 Å². The van der Waals surface area contributed by atoms with Crippen molar-refractivity contribution in [1.29, 1.82) is 0 Å². The van der Waals surface area contributed by atoms with Crippen LogP contribution in [0.5, 0.6) is 0 Å². The molecule has 4 nitrogen and oxygen atoms in total. The van der Waals surface area contributed by atoms with Gasteiger partial charge in [-0.2, -0.15) is 0 Å². The first-order valence-electron chi connectivity index (χ1n) is 20.9. The van der Waals surface area contributed by atoms with E-state index in [1.165, 1.54) is 15.5 Å². The Morgan fingerprint density at radius 2 is 1.02 bits per heavy atom. The van der Waals surface area contributed by atoms with Gasteiger partial charge in [-0.05, 0) is 58.6 Å². The number of aromatic nitrogens is 4. The van der Waals surface area contributed by atoms with E-state index in [2.05, 4.69) is 72.8 Å². The molecule has 0 saturated heterocycles. The van der Waals surface area contributed by atoms with E-state index in [1.807, 2.05) is 91.0 Å². The molecule has 56 heavy (non-hydrogen) atoms. The topological polar surface area (TPSA) is 43.6 Å². The molecule has 0 atom stereocenters. The maximum Gasteiger partial charge on any atom is 0.165 e. The normalized spacial score (nSPS) is 12.8. The number of benzene rings is 8. The summed E-state index contributed by atoms with van der Waals surface area (Å²) < 4.78 is 46.8. The van der Waals surface area contributed by atoms with Crippen molar-refractivity contribution in [1.82, 2.24) is 19.5 Å². The van der Waals surface area contributed by atoms with Gasteiger partial charge in [-0.3, -0.25) is 0 Å². The van der Waals surface area contributed by atoms with Gasteiger partial charge in [0.25, 0.3) is 0 Å². The molecule has 0 bridgehead atoms. The lowest BCUT2D eigenvalue weighted by atomic mass is 9.99. The third kappa shape index (κ3) is 5.40. The number of rotatable bonds is 6. The fraction of sp³-hybridized carbons (Fsp3) is 0. The van der Waals surface area contributed by atoms with Crippen LogP contribution in [0.25, 0.3) is 104 Å². The summed E-state index contributed by atoms with van der Waals surface area (Å²) in [5.41, 5.74) is 8.21. The van der Waals surface area contributed by atoms with Gasteiger partial charge in [0.1, 0.15) is 0 Å². The minimum atomic E-state index is -0.421. The Kier molecular flexibility index (Phi) is 6.49. The van der Waals surface area contributed by atoms with Crippen LogP contribution in [-0.4, -0.2) is 19.5 Å². The van der Waals surface area contributed by atoms with Crippen molar-refractivity contribution in [2.75, 3.05) is 0 Å². The minimum absolute atomic E-state index is 0.117. The molecule has 0 aliphatic rings. The molecular weight excluding hydrogens is 701 g/mol. The van der Waals surface area contributed by atoms with Crippen molar-refractivity contribution in [2.45, 2.75) is 0 Å². The van der Waals surface area contributed by atoms with E-state index in [-0.39, 0.29) is 29.9 Å². The Morgan fingerprint density at radius 3 is 1.86 bits per heavy atom. The molecule has 11 aromatic rings. The molecular formula is C51H32N4S. The zero-order chi connectivity index (χ0) is 41.4. The summed E-state index contributed by atoms with van der Waals surface area (Å²) in [6.45, 7) is 0. The number of para-hydroxylation sites is 2. The molecule has 0 aliphatic heterocycles. The molecule has 0 amide bonds. The van der Waals surface area contributed by atoms with Crippen molar-refractivity contribution in [2.24, 2.45) is 0 Å². The Hall–Kier alpha value is -7.21. The number of nitrogens with zero attached hydrogens (tertiary/aromatic N) is 4. The smallest absolute Gasteiger partial charge is 0.165 e. The first kappa shape index (κ1) is 27.4. The highest BCUT2D eigenvalue weighted by atomic mass is 32.1. The third-order valence-electron chi connectivity index (χ3n) is 10.4. The SMILES string of the molecule is [2H]c1c([2H])c([2H])c(-n2c3ccccc3c3ccc(-c4ccc(-c5nc(-c6ccccc6-c6ccccc6)nc(-c6cccc7c6sc6ccccc67)n5)cc4)cc32)c([2H])c1[2H]. The number of hydrogen-bond donors (Lipinski definition) is 0. The second-order valence-corrected chi connectivity index (χ2v) is 14.7. The molecule has 3 heterocycles. The summed E-state index contributed by atoms with van der Waals surface area (Å²) >= 11 is 1.74. The van der Waals surface area contributed by atoms with Gasteiger partial charge in [-0.1, -0.05) is 158 Å². The molecule has 5 heteroatoms. The lowest BCUT2D eigenvalue weighted by Gasteiger charge is -2.13. The third-order valence-corrected chi connectivity index (χ3v) is 11.6. The van der Waals surface area contributed by atoms with Gasteiger partial charge in [0, 0.05) is 53.3 Å². The average Bonchev–Trinajstić information content (AvgIpc) is 3.86. The molecule has 0 saturated carbocycles. The highest BCUT2D eigenvalue weighted by molar-refractivity contribution is 7.26. The van der Waals surface area contributed by atoms with Gasteiger partial charge in [0.15, 0.2) is 17.5 Å². The number of thiophene rings is 1. The summed E-state index contributed by atoms with van der Waals surface area (Å²) in [5, 5.41) is 4.21. The predicted octanol–water partition coefficient (Wildman–Crippen LogP) is 13.7.